The molecular formula is C14H18ClFN2O4. The predicted octanol–water partition coefficient (Wildman–Crippen LogP) is 1.13. The predicted molar refractivity (Wildman–Crippen MR) is 79.2 cm³/mol. The fourth-order valence-electron chi connectivity index (χ4n) is 1.76. The first-order valence-corrected chi connectivity index (χ1v) is 6.94. The van der Waals surface area contributed by atoms with E-state index in [0.717, 1.165) is 0 Å². The van der Waals surface area contributed by atoms with Gasteiger partial charge in [0.25, 0.3) is 0 Å². The van der Waals surface area contributed by atoms with E-state index in [2.05, 4.69) is 5.32 Å². The Balaban J connectivity index is 2.66. The molecule has 2 N–H and O–H groups in total. The summed E-state index contributed by atoms with van der Waals surface area (Å²) in [5.41, 5.74) is 0.671. The molecule has 1 rings (SSSR count). The summed E-state index contributed by atoms with van der Waals surface area (Å²) in [4.78, 5) is 23.9. The molecule has 0 fully saturated rings. The Hall–Kier alpha value is -1.70. The van der Waals surface area contributed by atoms with Crippen molar-refractivity contribution in [2.75, 3.05) is 33.4 Å². The van der Waals surface area contributed by atoms with Gasteiger partial charge in [-0.25, -0.2) is 4.39 Å². The number of benzene rings is 1. The number of carbonyl (C=O) groups is 2. The van der Waals surface area contributed by atoms with Gasteiger partial charge >= 0.3 is 5.97 Å². The molecule has 0 unspecified atom stereocenters. The molecule has 0 aliphatic heterocycles. The molecule has 0 aliphatic rings. The van der Waals surface area contributed by atoms with E-state index in [9.17, 15) is 14.0 Å². The van der Waals surface area contributed by atoms with Gasteiger partial charge in [-0.1, -0.05) is 17.7 Å². The van der Waals surface area contributed by atoms with E-state index in [0.29, 0.717) is 25.3 Å². The van der Waals surface area contributed by atoms with Crippen molar-refractivity contribution in [3.05, 3.63) is 34.6 Å². The molecule has 0 saturated carbocycles. The molecule has 1 amide bonds. The minimum absolute atomic E-state index is 0.00958. The molecule has 8 heteroatoms. The minimum Gasteiger partial charge on any atom is -0.480 e. The number of ether oxygens (including phenoxy) is 1. The first-order valence-electron chi connectivity index (χ1n) is 6.56. The van der Waals surface area contributed by atoms with Crippen LogP contribution >= 0.6 is 11.6 Å². The molecule has 0 heterocycles. The van der Waals surface area contributed by atoms with Crippen molar-refractivity contribution < 1.29 is 23.8 Å². The van der Waals surface area contributed by atoms with Gasteiger partial charge in [0, 0.05) is 25.2 Å². The highest BCUT2D eigenvalue weighted by molar-refractivity contribution is 6.31. The quantitative estimate of drug-likeness (QED) is 0.708. The molecule has 1 aromatic carbocycles. The summed E-state index contributed by atoms with van der Waals surface area (Å²) in [5.74, 6) is -1.97. The molecule has 0 bridgehead atoms. The van der Waals surface area contributed by atoms with Crippen molar-refractivity contribution in [2.45, 2.75) is 6.54 Å². The number of hydrogen-bond donors (Lipinski definition) is 2. The monoisotopic (exact) mass is 332 g/mol. The minimum atomic E-state index is -1.11. The molecule has 0 saturated heterocycles. The normalized spacial score (nSPS) is 10.7. The van der Waals surface area contributed by atoms with E-state index in [-0.39, 0.29) is 11.6 Å². The lowest BCUT2D eigenvalue weighted by atomic mass is 10.2. The Kier molecular flexibility index (Phi) is 7.79. The third kappa shape index (κ3) is 6.84. The topological polar surface area (TPSA) is 78.9 Å². The highest BCUT2D eigenvalue weighted by Crippen LogP contribution is 2.18. The highest BCUT2D eigenvalue weighted by atomic mass is 35.5. The van der Waals surface area contributed by atoms with Crippen molar-refractivity contribution in [1.82, 2.24) is 10.2 Å². The molecule has 6 nitrogen and oxygen atoms in total. The second kappa shape index (κ2) is 9.34. The van der Waals surface area contributed by atoms with Gasteiger partial charge in [0.1, 0.15) is 12.4 Å². The third-order valence-corrected chi connectivity index (χ3v) is 3.18. The van der Waals surface area contributed by atoms with Gasteiger partial charge in [0.15, 0.2) is 0 Å². The largest absolute Gasteiger partial charge is 0.480 e. The van der Waals surface area contributed by atoms with Crippen LogP contribution in [0.2, 0.25) is 5.02 Å². The number of aliphatic carboxylic acids is 1. The molecule has 22 heavy (non-hydrogen) atoms. The van der Waals surface area contributed by atoms with Crippen LogP contribution in [0.1, 0.15) is 5.56 Å². The van der Waals surface area contributed by atoms with Crippen LogP contribution in [0, 0.1) is 5.82 Å². The SMILES string of the molecule is COCCN(CC(=O)NCC(=O)O)Cc1ccc(F)cc1Cl. The molecule has 0 radical (unpaired) electrons. The second-order valence-electron chi connectivity index (χ2n) is 4.61. The Labute approximate surface area is 132 Å². The van der Waals surface area contributed by atoms with Crippen LogP contribution in [0.4, 0.5) is 4.39 Å². The lowest BCUT2D eigenvalue weighted by Crippen LogP contribution is -2.40. The van der Waals surface area contributed by atoms with E-state index < -0.39 is 24.2 Å². The number of halogens is 2. The van der Waals surface area contributed by atoms with Crippen LogP contribution in [-0.2, 0) is 20.9 Å². The molecule has 0 spiro atoms. The standard InChI is InChI=1S/C14H18ClFN2O4/c1-22-5-4-18(9-13(19)17-7-14(20)21)8-10-2-3-11(16)6-12(10)15/h2-3,6H,4-5,7-9H2,1H3,(H,17,19)(H,20,21). The number of carboxylic acid groups (broad SMARTS) is 1. The maximum atomic E-state index is 13.0. The van der Waals surface area contributed by atoms with Crippen molar-refractivity contribution in [2.24, 2.45) is 0 Å². The zero-order valence-electron chi connectivity index (χ0n) is 12.1. The van der Waals surface area contributed by atoms with Crippen LogP contribution in [0.3, 0.4) is 0 Å². The van der Waals surface area contributed by atoms with Crippen molar-refractivity contribution in [1.29, 1.82) is 0 Å². The summed E-state index contributed by atoms with van der Waals surface area (Å²) in [6.07, 6.45) is 0. The van der Waals surface area contributed by atoms with Gasteiger partial charge in [-0.15, -0.1) is 0 Å². The third-order valence-electron chi connectivity index (χ3n) is 2.82. The van der Waals surface area contributed by atoms with Crippen LogP contribution in [0.25, 0.3) is 0 Å². The molecule has 0 aliphatic carbocycles. The van der Waals surface area contributed by atoms with E-state index in [4.69, 9.17) is 21.4 Å². The van der Waals surface area contributed by atoms with Crippen molar-refractivity contribution in [3.8, 4) is 0 Å². The number of methoxy groups -OCH3 is 1. The van der Waals surface area contributed by atoms with Crippen LogP contribution in [0.5, 0.6) is 0 Å². The Morgan fingerprint density at radius 3 is 2.77 bits per heavy atom. The molecule has 0 aromatic heterocycles. The number of carboxylic acids is 1. The van der Waals surface area contributed by atoms with Gasteiger partial charge in [0.05, 0.1) is 13.2 Å². The number of amides is 1. The van der Waals surface area contributed by atoms with Gasteiger partial charge in [-0.2, -0.15) is 0 Å². The Morgan fingerprint density at radius 1 is 1.45 bits per heavy atom. The number of rotatable bonds is 9. The maximum Gasteiger partial charge on any atom is 0.322 e. The lowest BCUT2D eigenvalue weighted by molar-refractivity contribution is -0.138. The lowest BCUT2D eigenvalue weighted by Gasteiger charge is -2.22. The average Bonchev–Trinajstić information content (AvgIpc) is 2.45. The molecule has 122 valence electrons. The molecular weight excluding hydrogens is 315 g/mol. The average molecular weight is 333 g/mol. The Morgan fingerprint density at radius 2 is 2.18 bits per heavy atom. The van der Waals surface area contributed by atoms with E-state index in [1.54, 1.807) is 11.0 Å². The fraction of sp³-hybridized carbons (Fsp3) is 0.429. The molecule has 0 atom stereocenters. The van der Waals surface area contributed by atoms with Crippen LogP contribution in [0.15, 0.2) is 18.2 Å². The van der Waals surface area contributed by atoms with Gasteiger partial charge < -0.3 is 15.2 Å². The summed E-state index contributed by atoms with van der Waals surface area (Å²) in [7, 11) is 1.54. The summed E-state index contributed by atoms with van der Waals surface area (Å²) < 4.78 is 18.0. The zero-order chi connectivity index (χ0) is 16.5. The Bertz CT molecular complexity index is 528. The van der Waals surface area contributed by atoms with E-state index >= 15 is 0 Å². The van der Waals surface area contributed by atoms with Gasteiger partial charge in [-0.05, 0) is 17.7 Å². The zero-order valence-corrected chi connectivity index (χ0v) is 12.9. The van der Waals surface area contributed by atoms with Gasteiger partial charge in [-0.3, -0.25) is 14.5 Å². The van der Waals surface area contributed by atoms with Crippen LogP contribution in [-0.4, -0.2) is 55.2 Å². The number of nitrogens with zero attached hydrogens (tertiary/aromatic N) is 1. The van der Waals surface area contributed by atoms with Crippen molar-refractivity contribution >= 4 is 23.5 Å². The maximum absolute atomic E-state index is 13.0. The fourth-order valence-corrected chi connectivity index (χ4v) is 1.99. The van der Waals surface area contributed by atoms with Gasteiger partial charge in [0.2, 0.25) is 5.91 Å². The summed E-state index contributed by atoms with van der Waals surface area (Å²) in [6.45, 7) is 0.720. The van der Waals surface area contributed by atoms with Crippen molar-refractivity contribution in [3.63, 3.8) is 0 Å². The first kappa shape index (κ1) is 18.3. The van der Waals surface area contributed by atoms with E-state index in [1.165, 1.54) is 19.2 Å². The number of hydrogen-bond acceptors (Lipinski definition) is 4. The smallest absolute Gasteiger partial charge is 0.322 e. The summed E-state index contributed by atoms with van der Waals surface area (Å²) in [6, 6.07) is 4.04. The number of carbonyl (C=O) groups excluding carboxylic acids is 1. The summed E-state index contributed by atoms with van der Waals surface area (Å²) in [5, 5.41) is 11.1. The highest BCUT2D eigenvalue weighted by Gasteiger charge is 2.14. The first-order chi connectivity index (χ1) is 10.4. The van der Waals surface area contributed by atoms with Crippen LogP contribution < -0.4 is 5.32 Å². The van der Waals surface area contributed by atoms with E-state index in [1.807, 2.05) is 0 Å². The number of nitrogens with one attached hydrogen (secondary N) is 1. The summed E-state index contributed by atoms with van der Waals surface area (Å²) >= 11 is 5.97. The molecule has 1 aromatic rings. The second-order valence-corrected chi connectivity index (χ2v) is 5.02.